The van der Waals surface area contributed by atoms with Crippen molar-refractivity contribution in [2.75, 3.05) is 14.2 Å². The Morgan fingerprint density at radius 3 is 2.33 bits per heavy atom. The number of hydrogen-bond donors (Lipinski definition) is 0. The average molecular weight is 248 g/mol. The zero-order valence-electron chi connectivity index (χ0n) is 12.0. The van der Waals surface area contributed by atoms with Crippen LogP contribution in [0.5, 0.6) is 11.5 Å². The smallest absolute Gasteiger partial charge is 0.161 e. The molecule has 2 atom stereocenters. The molecule has 0 aliphatic heterocycles. The number of fused-ring (bicyclic) bond motifs is 1. The minimum absolute atomic E-state index is 0.811. The molecular formula is C16H24O2. The number of benzene rings is 1. The van der Waals surface area contributed by atoms with E-state index in [1.165, 1.54) is 36.8 Å². The van der Waals surface area contributed by atoms with Crippen molar-refractivity contribution in [3.05, 3.63) is 23.3 Å². The summed E-state index contributed by atoms with van der Waals surface area (Å²) in [5.74, 6) is 3.35. The van der Waals surface area contributed by atoms with E-state index < -0.39 is 0 Å². The molecule has 0 radical (unpaired) electrons. The summed E-state index contributed by atoms with van der Waals surface area (Å²) >= 11 is 0. The van der Waals surface area contributed by atoms with E-state index in [1.807, 2.05) is 0 Å². The fourth-order valence-corrected chi connectivity index (χ4v) is 2.93. The van der Waals surface area contributed by atoms with Gasteiger partial charge in [0.2, 0.25) is 0 Å². The molecule has 1 aromatic carbocycles. The van der Waals surface area contributed by atoms with Gasteiger partial charge in [-0.15, -0.1) is 0 Å². The van der Waals surface area contributed by atoms with Gasteiger partial charge in [-0.05, 0) is 54.4 Å². The third-order valence-corrected chi connectivity index (χ3v) is 4.42. The van der Waals surface area contributed by atoms with Gasteiger partial charge in [-0.3, -0.25) is 0 Å². The molecule has 0 saturated carbocycles. The molecule has 2 nitrogen and oxygen atoms in total. The van der Waals surface area contributed by atoms with Crippen LogP contribution in [0.4, 0.5) is 0 Å². The van der Waals surface area contributed by atoms with Crippen LogP contribution in [0.2, 0.25) is 0 Å². The average Bonchev–Trinajstić information content (AvgIpc) is 2.44. The van der Waals surface area contributed by atoms with Crippen LogP contribution in [0, 0.1) is 11.8 Å². The SMILES string of the molecule is CCC(C)C1CCc2cc(OC)c(OC)cc2C1. The Morgan fingerprint density at radius 1 is 1.17 bits per heavy atom. The number of methoxy groups -OCH3 is 2. The van der Waals surface area contributed by atoms with Crippen molar-refractivity contribution in [2.45, 2.75) is 39.5 Å². The standard InChI is InChI=1S/C16H24O2/c1-5-11(2)12-6-7-13-9-15(17-3)16(18-4)10-14(13)8-12/h9-12H,5-8H2,1-4H3. The first-order valence-electron chi connectivity index (χ1n) is 6.93. The number of aryl methyl sites for hydroxylation is 1. The van der Waals surface area contributed by atoms with Gasteiger partial charge in [-0.2, -0.15) is 0 Å². The zero-order chi connectivity index (χ0) is 13.1. The Hall–Kier alpha value is -1.18. The van der Waals surface area contributed by atoms with Gasteiger partial charge < -0.3 is 9.47 Å². The van der Waals surface area contributed by atoms with Crippen molar-refractivity contribution >= 4 is 0 Å². The monoisotopic (exact) mass is 248 g/mol. The van der Waals surface area contributed by atoms with Crippen molar-refractivity contribution in [1.29, 1.82) is 0 Å². The maximum absolute atomic E-state index is 5.40. The molecule has 1 aliphatic carbocycles. The van der Waals surface area contributed by atoms with Crippen LogP contribution in [0.3, 0.4) is 0 Å². The van der Waals surface area contributed by atoms with E-state index >= 15 is 0 Å². The molecule has 1 aliphatic rings. The summed E-state index contributed by atoms with van der Waals surface area (Å²) in [4.78, 5) is 0. The van der Waals surface area contributed by atoms with Gasteiger partial charge >= 0.3 is 0 Å². The zero-order valence-corrected chi connectivity index (χ0v) is 12.0. The lowest BCUT2D eigenvalue weighted by atomic mass is 9.77. The van der Waals surface area contributed by atoms with Gasteiger partial charge in [0.05, 0.1) is 14.2 Å². The third kappa shape index (κ3) is 2.47. The molecule has 2 rings (SSSR count). The van der Waals surface area contributed by atoms with Crippen molar-refractivity contribution in [2.24, 2.45) is 11.8 Å². The van der Waals surface area contributed by atoms with Crippen LogP contribution >= 0.6 is 0 Å². The van der Waals surface area contributed by atoms with E-state index in [9.17, 15) is 0 Å². The van der Waals surface area contributed by atoms with Crippen molar-refractivity contribution < 1.29 is 9.47 Å². The summed E-state index contributed by atoms with van der Waals surface area (Å²) in [6.07, 6.45) is 4.93. The van der Waals surface area contributed by atoms with Crippen LogP contribution in [0.1, 0.15) is 37.8 Å². The molecule has 0 saturated heterocycles. The van der Waals surface area contributed by atoms with Crippen LogP contribution in [-0.2, 0) is 12.8 Å². The molecular weight excluding hydrogens is 224 g/mol. The van der Waals surface area contributed by atoms with Crippen molar-refractivity contribution in [3.8, 4) is 11.5 Å². The van der Waals surface area contributed by atoms with Gasteiger partial charge in [0.1, 0.15) is 0 Å². The van der Waals surface area contributed by atoms with E-state index in [0.29, 0.717) is 0 Å². The highest BCUT2D eigenvalue weighted by Gasteiger charge is 2.24. The molecule has 1 aromatic rings. The Kier molecular flexibility index (Phi) is 4.15. The van der Waals surface area contributed by atoms with E-state index in [0.717, 1.165) is 23.3 Å². The first-order chi connectivity index (χ1) is 8.69. The molecule has 0 bridgehead atoms. The topological polar surface area (TPSA) is 18.5 Å². The highest BCUT2D eigenvalue weighted by atomic mass is 16.5. The molecule has 2 unspecified atom stereocenters. The molecule has 0 spiro atoms. The molecule has 18 heavy (non-hydrogen) atoms. The first-order valence-corrected chi connectivity index (χ1v) is 6.93. The van der Waals surface area contributed by atoms with Crippen LogP contribution in [-0.4, -0.2) is 14.2 Å². The van der Waals surface area contributed by atoms with Crippen LogP contribution < -0.4 is 9.47 Å². The van der Waals surface area contributed by atoms with Gasteiger partial charge in [0, 0.05) is 0 Å². The fraction of sp³-hybridized carbons (Fsp3) is 0.625. The third-order valence-electron chi connectivity index (χ3n) is 4.42. The minimum Gasteiger partial charge on any atom is -0.493 e. The lowest BCUT2D eigenvalue weighted by Gasteiger charge is -2.29. The second-order valence-electron chi connectivity index (χ2n) is 5.36. The summed E-state index contributed by atoms with van der Waals surface area (Å²) in [7, 11) is 3.41. The van der Waals surface area contributed by atoms with Gasteiger partial charge in [-0.25, -0.2) is 0 Å². The van der Waals surface area contributed by atoms with Gasteiger partial charge in [0.15, 0.2) is 11.5 Å². The predicted octanol–water partition coefficient (Wildman–Crippen LogP) is 3.85. The van der Waals surface area contributed by atoms with Crippen LogP contribution in [0.15, 0.2) is 12.1 Å². The summed E-state index contributed by atoms with van der Waals surface area (Å²) in [6.45, 7) is 4.66. The normalized spacial score (nSPS) is 20.1. The maximum atomic E-state index is 5.40. The van der Waals surface area contributed by atoms with Crippen LogP contribution in [0.25, 0.3) is 0 Å². The quantitative estimate of drug-likeness (QED) is 0.805. The molecule has 0 aromatic heterocycles. The molecule has 2 heteroatoms. The van der Waals surface area contributed by atoms with E-state index in [1.54, 1.807) is 14.2 Å². The first kappa shape index (κ1) is 13.3. The Balaban J connectivity index is 2.27. The van der Waals surface area contributed by atoms with Crippen molar-refractivity contribution in [1.82, 2.24) is 0 Å². The van der Waals surface area contributed by atoms with Gasteiger partial charge in [-0.1, -0.05) is 20.3 Å². The number of rotatable bonds is 4. The maximum Gasteiger partial charge on any atom is 0.161 e. The largest absolute Gasteiger partial charge is 0.493 e. The van der Waals surface area contributed by atoms with Gasteiger partial charge in [0.25, 0.3) is 0 Å². The fourth-order valence-electron chi connectivity index (χ4n) is 2.93. The van der Waals surface area contributed by atoms with E-state index in [-0.39, 0.29) is 0 Å². The Labute approximate surface area is 110 Å². The highest BCUT2D eigenvalue weighted by Crippen LogP contribution is 2.37. The molecule has 0 fully saturated rings. The van der Waals surface area contributed by atoms with Crippen molar-refractivity contribution in [3.63, 3.8) is 0 Å². The summed E-state index contributed by atoms with van der Waals surface area (Å²) in [5.41, 5.74) is 2.89. The highest BCUT2D eigenvalue weighted by molar-refractivity contribution is 5.48. The lowest BCUT2D eigenvalue weighted by Crippen LogP contribution is -2.20. The molecule has 0 amide bonds. The number of ether oxygens (including phenoxy) is 2. The summed E-state index contributed by atoms with van der Waals surface area (Å²) in [6, 6.07) is 4.32. The molecule has 0 N–H and O–H groups in total. The summed E-state index contributed by atoms with van der Waals surface area (Å²) < 4.78 is 10.8. The number of hydrogen-bond acceptors (Lipinski definition) is 2. The summed E-state index contributed by atoms with van der Waals surface area (Å²) in [5, 5.41) is 0. The minimum atomic E-state index is 0.811. The Morgan fingerprint density at radius 2 is 1.78 bits per heavy atom. The Bertz CT molecular complexity index is 412. The lowest BCUT2D eigenvalue weighted by molar-refractivity contribution is 0.309. The van der Waals surface area contributed by atoms with E-state index in [4.69, 9.17) is 9.47 Å². The second-order valence-corrected chi connectivity index (χ2v) is 5.36. The molecule has 100 valence electrons. The second kappa shape index (κ2) is 5.64. The molecule has 0 heterocycles. The van der Waals surface area contributed by atoms with E-state index in [2.05, 4.69) is 26.0 Å². The predicted molar refractivity (Wildman–Crippen MR) is 74.5 cm³/mol.